The second-order valence-electron chi connectivity index (χ2n) is 2.59. The molecule has 0 aliphatic rings. The summed E-state index contributed by atoms with van der Waals surface area (Å²) in [4.78, 5) is 21.5. The number of hydrogen-bond acceptors (Lipinski definition) is 2. The number of aromatic carboxylic acids is 1. The average molecular weight is 207 g/mol. The van der Waals surface area contributed by atoms with E-state index >= 15 is 0 Å². The summed E-state index contributed by atoms with van der Waals surface area (Å²) in [5.74, 6) is -1.08. The van der Waals surface area contributed by atoms with E-state index in [-0.39, 0.29) is 11.3 Å². The minimum atomic E-state index is -1.35. The molecule has 0 aliphatic carbocycles. The Hall–Kier alpha value is -2.35. The SMILES string of the molecule is C#CC(=O)Nc1ccc(F)cc1C(=O)O. The number of terminal acetylenes is 1. The lowest BCUT2D eigenvalue weighted by Crippen LogP contribution is -2.12. The van der Waals surface area contributed by atoms with E-state index in [9.17, 15) is 14.0 Å². The summed E-state index contributed by atoms with van der Waals surface area (Å²) in [6.45, 7) is 0. The van der Waals surface area contributed by atoms with E-state index in [2.05, 4.69) is 5.32 Å². The minimum Gasteiger partial charge on any atom is -0.478 e. The molecule has 1 aromatic rings. The molecule has 15 heavy (non-hydrogen) atoms. The third-order valence-electron chi connectivity index (χ3n) is 1.59. The summed E-state index contributed by atoms with van der Waals surface area (Å²) >= 11 is 0. The molecule has 0 spiro atoms. The molecule has 0 heterocycles. The molecule has 1 amide bonds. The summed E-state index contributed by atoms with van der Waals surface area (Å²) in [6, 6.07) is 2.96. The minimum absolute atomic E-state index is 0.0353. The van der Waals surface area contributed by atoms with E-state index in [4.69, 9.17) is 11.5 Å². The van der Waals surface area contributed by atoms with Gasteiger partial charge >= 0.3 is 5.97 Å². The van der Waals surface area contributed by atoms with E-state index in [0.717, 1.165) is 18.2 Å². The maximum atomic E-state index is 12.7. The van der Waals surface area contributed by atoms with E-state index in [1.807, 2.05) is 0 Å². The van der Waals surface area contributed by atoms with Crippen LogP contribution in [0, 0.1) is 18.2 Å². The number of anilines is 1. The normalized spacial score (nSPS) is 9.07. The monoisotopic (exact) mass is 207 g/mol. The van der Waals surface area contributed by atoms with Crippen molar-refractivity contribution >= 4 is 17.6 Å². The molecule has 0 bridgehead atoms. The Balaban J connectivity index is 3.13. The Kier molecular flexibility index (Phi) is 3.03. The summed E-state index contributed by atoms with van der Waals surface area (Å²) in [5, 5.41) is 10.9. The summed E-state index contributed by atoms with van der Waals surface area (Å²) in [5.41, 5.74) is -0.384. The van der Waals surface area contributed by atoms with Crippen LogP contribution in [0.5, 0.6) is 0 Å². The highest BCUT2D eigenvalue weighted by Crippen LogP contribution is 2.16. The maximum Gasteiger partial charge on any atom is 0.337 e. The van der Waals surface area contributed by atoms with Gasteiger partial charge in [-0.1, -0.05) is 0 Å². The number of halogens is 1. The Morgan fingerprint density at radius 2 is 2.13 bits per heavy atom. The fourth-order valence-corrected chi connectivity index (χ4v) is 0.961. The van der Waals surface area contributed by atoms with Crippen molar-refractivity contribution in [2.24, 2.45) is 0 Å². The first-order valence-corrected chi connectivity index (χ1v) is 3.85. The van der Waals surface area contributed by atoms with Gasteiger partial charge in [0, 0.05) is 0 Å². The Bertz CT molecular complexity index is 462. The second kappa shape index (κ2) is 4.24. The molecule has 2 N–H and O–H groups in total. The molecule has 0 fully saturated rings. The summed E-state index contributed by atoms with van der Waals surface area (Å²) in [7, 11) is 0. The van der Waals surface area contributed by atoms with Crippen LogP contribution in [-0.4, -0.2) is 17.0 Å². The highest BCUT2D eigenvalue weighted by atomic mass is 19.1. The van der Waals surface area contributed by atoms with Gasteiger partial charge in [-0.3, -0.25) is 4.79 Å². The first-order valence-electron chi connectivity index (χ1n) is 3.85. The first kappa shape index (κ1) is 10.7. The number of carbonyl (C=O) groups excluding carboxylic acids is 1. The van der Waals surface area contributed by atoms with Crippen LogP contribution in [0.2, 0.25) is 0 Å². The van der Waals surface area contributed by atoms with Crippen LogP contribution in [0.25, 0.3) is 0 Å². The van der Waals surface area contributed by atoms with Crippen LogP contribution >= 0.6 is 0 Å². The number of carbonyl (C=O) groups is 2. The molecular weight excluding hydrogens is 201 g/mol. The number of rotatable bonds is 2. The van der Waals surface area contributed by atoms with Crippen molar-refractivity contribution in [1.82, 2.24) is 0 Å². The zero-order valence-corrected chi connectivity index (χ0v) is 7.45. The van der Waals surface area contributed by atoms with Crippen molar-refractivity contribution in [3.8, 4) is 12.3 Å². The van der Waals surface area contributed by atoms with E-state index < -0.39 is 17.7 Å². The molecule has 0 saturated heterocycles. The largest absolute Gasteiger partial charge is 0.478 e. The molecule has 1 rings (SSSR count). The van der Waals surface area contributed by atoms with Crippen molar-refractivity contribution in [1.29, 1.82) is 0 Å². The zero-order valence-electron chi connectivity index (χ0n) is 7.45. The standard InChI is InChI=1S/C10H6FNO3/c1-2-9(13)12-8-4-3-6(11)5-7(8)10(14)15/h1,3-5H,(H,12,13)(H,14,15). The molecule has 76 valence electrons. The number of carboxylic acids is 1. The van der Waals surface area contributed by atoms with Gasteiger partial charge in [-0.05, 0) is 24.1 Å². The van der Waals surface area contributed by atoms with Crippen molar-refractivity contribution in [2.45, 2.75) is 0 Å². The maximum absolute atomic E-state index is 12.7. The summed E-state index contributed by atoms with van der Waals surface area (Å²) < 4.78 is 12.7. The number of carboxylic acid groups (broad SMARTS) is 1. The highest BCUT2D eigenvalue weighted by Gasteiger charge is 2.12. The molecule has 0 aromatic heterocycles. The number of amides is 1. The van der Waals surface area contributed by atoms with Gasteiger partial charge in [0.05, 0.1) is 11.3 Å². The Morgan fingerprint density at radius 3 is 2.67 bits per heavy atom. The second-order valence-corrected chi connectivity index (χ2v) is 2.59. The molecule has 0 atom stereocenters. The fraction of sp³-hybridized carbons (Fsp3) is 0. The van der Waals surface area contributed by atoms with Crippen molar-refractivity contribution in [3.05, 3.63) is 29.6 Å². The van der Waals surface area contributed by atoms with Crippen molar-refractivity contribution in [3.63, 3.8) is 0 Å². The third-order valence-corrected chi connectivity index (χ3v) is 1.59. The average Bonchev–Trinajstić information content (AvgIpc) is 2.20. The Labute approximate surface area is 84.7 Å². The van der Waals surface area contributed by atoms with Crippen molar-refractivity contribution in [2.75, 3.05) is 5.32 Å². The number of nitrogens with one attached hydrogen (secondary N) is 1. The predicted molar refractivity (Wildman–Crippen MR) is 50.8 cm³/mol. The smallest absolute Gasteiger partial charge is 0.337 e. The van der Waals surface area contributed by atoms with Gasteiger partial charge in [0.2, 0.25) is 0 Å². The van der Waals surface area contributed by atoms with Gasteiger partial charge in [-0.25, -0.2) is 9.18 Å². The molecule has 1 aromatic carbocycles. The lowest BCUT2D eigenvalue weighted by atomic mass is 10.1. The van der Waals surface area contributed by atoms with Gasteiger partial charge < -0.3 is 10.4 Å². The third kappa shape index (κ3) is 2.54. The van der Waals surface area contributed by atoms with E-state index in [0.29, 0.717) is 0 Å². The first-order chi connectivity index (χ1) is 7.04. The van der Waals surface area contributed by atoms with Gasteiger partial charge in [0.25, 0.3) is 5.91 Å². The van der Waals surface area contributed by atoms with Crippen molar-refractivity contribution < 1.29 is 19.1 Å². The molecule has 0 saturated carbocycles. The number of benzene rings is 1. The van der Waals surface area contributed by atoms with Crippen LogP contribution < -0.4 is 5.32 Å². The molecular formula is C10H6FNO3. The molecule has 0 aliphatic heterocycles. The van der Waals surface area contributed by atoms with Crippen LogP contribution in [-0.2, 0) is 4.79 Å². The predicted octanol–water partition coefficient (Wildman–Crippen LogP) is 1.10. The lowest BCUT2D eigenvalue weighted by molar-refractivity contribution is -0.111. The zero-order chi connectivity index (χ0) is 11.4. The molecule has 0 unspecified atom stereocenters. The highest BCUT2D eigenvalue weighted by molar-refractivity contribution is 6.07. The molecule has 0 radical (unpaired) electrons. The van der Waals surface area contributed by atoms with Crippen LogP contribution in [0.3, 0.4) is 0 Å². The van der Waals surface area contributed by atoms with Gasteiger partial charge in [-0.15, -0.1) is 6.42 Å². The van der Waals surface area contributed by atoms with Crippen LogP contribution in [0.15, 0.2) is 18.2 Å². The van der Waals surface area contributed by atoms with Crippen LogP contribution in [0.1, 0.15) is 10.4 Å². The fourth-order valence-electron chi connectivity index (χ4n) is 0.961. The number of hydrogen-bond donors (Lipinski definition) is 2. The van der Waals surface area contributed by atoms with E-state index in [1.165, 1.54) is 0 Å². The van der Waals surface area contributed by atoms with Crippen LogP contribution in [0.4, 0.5) is 10.1 Å². The quantitative estimate of drug-likeness (QED) is 0.713. The summed E-state index contributed by atoms with van der Waals surface area (Å²) in [6.07, 6.45) is 4.79. The lowest BCUT2D eigenvalue weighted by Gasteiger charge is -2.05. The molecule has 5 heteroatoms. The van der Waals surface area contributed by atoms with Gasteiger partial charge in [0.15, 0.2) is 0 Å². The van der Waals surface area contributed by atoms with Gasteiger partial charge in [0.1, 0.15) is 5.82 Å². The topological polar surface area (TPSA) is 66.4 Å². The molecule has 4 nitrogen and oxygen atoms in total. The van der Waals surface area contributed by atoms with E-state index in [1.54, 1.807) is 5.92 Å². The Morgan fingerprint density at radius 1 is 1.47 bits per heavy atom. The van der Waals surface area contributed by atoms with Gasteiger partial charge in [-0.2, -0.15) is 0 Å².